The fourth-order valence-electron chi connectivity index (χ4n) is 1.63. The van der Waals surface area contributed by atoms with E-state index in [1.807, 2.05) is 0 Å². The summed E-state index contributed by atoms with van der Waals surface area (Å²) in [6.07, 6.45) is 2.04. The van der Waals surface area contributed by atoms with Gasteiger partial charge < -0.3 is 14.8 Å². The first-order valence-corrected chi connectivity index (χ1v) is 4.59. The summed E-state index contributed by atoms with van der Waals surface area (Å²) < 4.78 is 9.74. The molecule has 0 aromatic rings. The lowest BCUT2D eigenvalue weighted by atomic mass is 10.1. The van der Waals surface area contributed by atoms with E-state index in [-0.39, 0.29) is 5.78 Å². The first-order chi connectivity index (χ1) is 6.27. The molecule has 4 nitrogen and oxygen atoms in total. The predicted octanol–water partition coefficient (Wildman–Crippen LogP) is 0.316. The molecule has 1 aliphatic heterocycles. The molecule has 1 atom stereocenters. The van der Waals surface area contributed by atoms with Crippen molar-refractivity contribution in [2.75, 3.05) is 20.8 Å². The van der Waals surface area contributed by atoms with Gasteiger partial charge in [0.1, 0.15) is 0 Å². The van der Waals surface area contributed by atoms with Crippen molar-refractivity contribution in [3.8, 4) is 0 Å². The smallest absolute Gasteiger partial charge is 0.217 e. The number of nitrogens with one attached hydrogen (secondary N) is 1. The van der Waals surface area contributed by atoms with E-state index >= 15 is 0 Å². The molecule has 0 amide bonds. The zero-order chi connectivity index (χ0) is 9.68. The molecular formula is C9H17NO3. The highest BCUT2D eigenvalue weighted by atomic mass is 16.7. The molecule has 1 unspecified atom stereocenters. The maximum Gasteiger partial charge on any atom is 0.217 e. The van der Waals surface area contributed by atoms with Gasteiger partial charge in [0, 0.05) is 26.7 Å². The van der Waals surface area contributed by atoms with Crippen LogP contribution >= 0.6 is 0 Å². The molecule has 0 saturated carbocycles. The van der Waals surface area contributed by atoms with Crippen LogP contribution in [0.25, 0.3) is 0 Å². The van der Waals surface area contributed by atoms with E-state index in [1.54, 1.807) is 0 Å². The molecular weight excluding hydrogens is 170 g/mol. The summed E-state index contributed by atoms with van der Waals surface area (Å²) in [5, 5.41) is 3.26. The standard InChI is InChI=1S/C9H17NO3/c1-12-9(13-2)8(11)6-7-4-3-5-10-7/h7,9-10H,3-6H2,1-2H3. The second-order valence-electron chi connectivity index (χ2n) is 3.27. The third-order valence-corrected chi connectivity index (χ3v) is 2.30. The van der Waals surface area contributed by atoms with Crippen molar-refractivity contribution in [3.05, 3.63) is 0 Å². The number of ether oxygens (including phenoxy) is 2. The second-order valence-corrected chi connectivity index (χ2v) is 3.27. The zero-order valence-electron chi connectivity index (χ0n) is 8.21. The lowest BCUT2D eigenvalue weighted by Gasteiger charge is -2.14. The number of carbonyl (C=O) groups excluding carboxylic acids is 1. The summed E-state index contributed by atoms with van der Waals surface area (Å²) in [4.78, 5) is 11.5. The van der Waals surface area contributed by atoms with Crippen LogP contribution in [0.15, 0.2) is 0 Å². The van der Waals surface area contributed by atoms with Gasteiger partial charge in [0.15, 0.2) is 5.78 Å². The highest BCUT2D eigenvalue weighted by Gasteiger charge is 2.23. The average Bonchev–Trinajstić information content (AvgIpc) is 2.59. The normalized spacial score (nSPS) is 22.5. The highest BCUT2D eigenvalue weighted by molar-refractivity contribution is 5.82. The van der Waals surface area contributed by atoms with Gasteiger partial charge in [-0.05, 0) is 19.4 Å². The summed E-state index contributed by atoms with van der Waals surface area (Å²) in [5.74, 6) is 0.0180. The molecule has 1 saturated heterocycles. The molecule has 1 N–H and O–H groups in total. The maximum atomic E-state index is 11.5. The van der Waals surface area contributed by atoms with Crippen molar-refractivity contribution in [1.29, 1.82) is 0 Å². The summed E-state index contributed by atoms with van der Waals surface area (Å²) in [7, 11) is 2.96. The molecule has 0 spiro atoms. The molecule has 1 fully saturated rings. The molecule has 1 rings (SSSR count). The highest BCUT2D eigenvalue weighted by Crippen LogP contribution is 2.11. The van der Waals surface area contributed by atoms with Crippen LogP contribution in [-0.4, -0.2) is 38.9 Å². The van der Waals surface area contributed by atoms with Crippen molar-refractivity contribution >= 4 is 5.78 Å². The van der Waals surface area contributed by atoms with Gasteiger partial charge in [0.05, 0.1) is 0 Å². The molecule has 0 aromatic carbocycles. The minimum absolute atomic E-state index is 0.0180. The lowest BCUT2D eigenvalue weighted by Crippen LogP contribution is -2.32. The Balaban J connectivity index is 2.29. The number of carbonyl (C=O) groups is 1. The van der Waals surface area contributed by atoms with Crippen LogP contribution in [0.5, 0.6) is 0 Å². The number of hydrogen-bond donors (Lipinski definition) is 1. The van der Waals surface area contributed by atoms with Crippen molar-refractivity contribution in [2.24, 2.45) is 0 Å². The monoisotopic (exact) mass is 187 g/mol. The molecule has 0 aliphatic carbocycles. The van der Waals surface area contributed by atoms with Crippen molar-refractivity contribution < 1.29 is 14.3 Å². The van der Waals surface area contributed by atoms with Gasteiger partial charge in [0.2, 0.25) is 6.29 Å². The third kappa shape index (κ3) is 3.06. The van der Waals surface area contributed by atoms with E-state index in [0.717, 1.165) is 19.4 Å². The van der Waals surface area contributed by atoms with Gasteiger partial charge in [-0.15, -0.1) is 0 Å². The van der Waals surface area contributed by atoms with Crippen LogP contribution in [-0.2, 0) is 14.3 Å². The van der Waals surface area contributed by atoms with Crippen molar-refractivity contribution in [3.63, 3.8) is 0 Å². The van der Waals surface area contributed by atoms with Crippen LogP contribution in [0.1, 0.15) is 19.3 Å². The number of ketones is 1. The molecule has 1 aliphatic rings. The van der Waals surface area contributed by atoms with Gasteiger partial charge in [-0.25, -0.2) is 0 Å². The minimum atomic E-state index is -0.692. The van der Waals surface area contributed by atoms with E-state index in [4.69, 9.17) is 9.47 Å². The van der Waals surface area contributed by atoms with Crippen LogP contribution in [0, 0.1) is 0 Å². The second kappa shape index (κ2) is 5.32. The van der Waals surface area contributed by atoms with Gasteiger partial charge in [0.25, 0.3) is 0 Å². The van der Waals surface area contributed by atoms with Gasteiger partial charge in [-0.3, -0.25) is 4.79 Å². The molecule has 1 heterocycles. The van der Waals surface area contributed by atoms with Crippen LogP contribution in [0.3, 0.4) is 0 Å². The van der Waals surface area contributed by atoms with Gasteiger partial charge >= 0.3 is 0 Å². The Kier molecular flexibility index (Phi) is 4.35. The van der Waals surface area contributed by atoms with Crippen molar-refractivity contribution in [2.45, 2.75) is 31.6 Å². The van der Waals surface area contributed by atoms with E-state index in [9.17, 15) is 4.79 Å². The average molecular weight is 187 g/mol. The quantitative estimate of drug-likeness (QED) is 0.629. The first-order valence-electron chi connectivity index (χ1n) is 4.59. The molecule has 0 aromatic heterocycles. The van der Waals surface area contributed by atoms with E-state index in [1.165, 1.54) is 14.2 Å². The number of rotatable bonds is 5. The largest absolute Gasteiger partial charge is 0.349 e. The molecule has 13 heavy (non-hydrogen) atoms. The Bertz CT molecular complexity index is 162. The fourth-order valence-corrected chi connectivity index (χ4v) is 1.63. The molecule has 0 bridgehead atoms. The van der Waals surface area contributed by atoms with E-state index in [2.05, 4.69) is 5.32 Å². The topological polar surface area (TPSA) is 47.6 Å². The summed E-state index contributed by atoms with van der Waals surface area (Å²) in [5.41, 5.74) is 0. The third-order valence-electron chi connectivity index (χ3n) is 2.30. The number of methoxy groups -OCH3 is 2. The predicted molar refractivity (Wildman–Crippen MR) is 48.5 cm³/mol. The summed E-state index contributed by atoms with van der Waals surface area (Å²) >= 11 is 0. The van der Waals surface area contributed by atoms with Crippen LogP contribution in [0.4, 0.5) is 0 Å². The van der Waals surface area contributed by atoms with Gasteiger partial charge in [-0.1, -0.05) is 0 Å². The molecule has 76 valence electrons. The zero-order valence-corrected chi connectivity index (χ0v) is 8.21. The fraction of sp³-hybridized carbons (Fsp3) is 0.889. The van der Waals surface area contributed by atoms with E-state index in [0.29, 0.717) is 12.5 Å². The number of hydrogen-bond acceptors (Lipinski definition) is 4. The Hall–Kier alpha value is -0.450. The summed E-state index contributed by atoms with van der Waals surface area (Å²) in [6.45, 7) is 1.02. The summed E-state index contributed by atoms with van der Waals surface area (Å²) in [6, 6.07) is 0.320. The van der Waals surface area contributed by atoms with Gasteiger partial charge in [-0.2, -0.15) is 0 Å². The SMILES string of the molecule is COC(OC)C(=O)CC1CCCN1. The number of Topliss-reactive ketones (excluding diaryl/α,β-unsaturated/α-hetero) is 1. The van der Waals surface area contributed by atoms with Crippen molar-refractivity contribution in [1.82, 2.24) is 5.32 Å². The Labute approximate surface area is 78.6 Å². The maximum absolute atomic E-state index is 11.5. The molecule has 4 heteroatoms. The Morgan fingerprint density at radius 1 is 1.54 bits per heavy atom. The minimum Gasteiger partial charge on any atom is -0.349 e. The first kappa shape index (κ1) is 10.6. The van der Waals surface area contributed by atoms with E-state index < -0.39 is 6.29 Å². The van der Waals surface area contributed by atoms with Crippen LogP contribution < -0.4 is 5.32 Å². The Morgan fingerprint density at radius 2 is 2.23 bits per heavy atom. The van der Waals surface area contributed by atoms with Crippen LogP contribution in [0.2, 0.25) is 0 Å². The Morgan fingerprint density at radius 3 is 2.69 bits per heavy atom. The lowest BCUT2D eigenvalue weighted by molar-refractivity contribution is -0.157. The molecule has 0 radical (unpaired) electrons.